The van der Waals surface area contributed by atoms with E-state index in [0.29, 0.717) is 22.5 Å². The summed E-state index contributed by atoms with van der Waals surface area (Å²) in [5.74, 6) is 0.0733. The Balaban J connectivity index is 2.61. The molecule has 0 aromatic heterocycles. The van der Waals surface area contributed by atoms with Crippen LogP contribution >= 0.6 is 31.5 Å². The summed E-state index contributed by atoms with van der Waals surface area (Å²) in [6.07, 6.45) is 0. The van der Waals surface area contributed by atoms with E-state index in [2.05, 4.69) is 38.4 Å². The van der Waals surface area contributed by atoms with E-state index in [-0.39, 0.29) is 5.56 Å². The largest absolute Gasteiger partial charge is 0.494 e. The zero-order valence-electron chi connectivity index (χ0n) is 8.89. The second-order valence-corrected chi connectivity index (χ2v) is 7.08. The van der Waals surface area contributed by atoms with Gasteiger partial charge in [-0.2, -0.15) is 9.12 Å². The van der Waals surface area contributed by atoms with Gasteiger partial charge < -0.3 is 9.84 Å². The molecular weight excluding hydrogens is 337 g/mol. The fraction of sp³-hybridized carbons (Fsp3) is 0.300. The summed E-state index contributed by atoms with van der Waals surface area (Å²) in [6, 6.07) is 6.55. The van der Waals surface area contributed by atoms with Gasteiger partial charge in [-0.25, -0.2) is 4.79 Å². The molecule has 3 nitrogen and oxygen atoms in total. The van der Waals surface area contributed by atoms with Crippen LogP contribution in [0.3, 0.4) is 0 Å². The van der Waals surface area contributed by atoms with Crippen LogP contribution in [-0.4, -0.2) is 22.0 Å². The molecule has 0 aliphatic heterocycles. The van der Waals surface area contributed by atoms with Gasteiger partial charge in [0.25, 0.3) is 0 Å². The topological polar surface area (TPSA) is 46.5 Å². The Kier molecular flexibility index (Phi) is 5.55. The molecule has 1 aromatic rings. The first-order chi connectivity index (χ1) is 7.50. The minimum atomic E-state index is -0.934. The van der Waals surface area contributed by atoms with Crippen molar-refractivity contribution in [2.45, 2.75) is 12.7 Å². The standard InChI is InChI=1S/C10H13BIO3P/c1-7(11(12)16)6-15-9-4-2-3-8(5-9)10(13)14/h2-5,7H,6,16H2,1H3,(H,13,14). The number of carboxylic acids is 1. The highest BCUT2D eigenvalue weighted by Gasteiger charge is 2.13. The van der Waals surface area contributed by atoms with Crippen LogP contribution in [0.4, 0.5) is 0 Å². The van der Waals surface area contributed by atoms with E-state index < -0.39 is 5.97 Å². The van der Waals surface area contributed by atoms with Gasteiger partial charge in [-0.05, 0) is 24.0 Å². The summed E-state index contributed by atoms with van der Waals surface area (Å²) < 4.78 is 5.98. The summed E-state index contributed by atoms with van der Waals surface area (Å²) >= 11 is 2.32. The number of hydrogen-bond acceptors (Lipinski definition) is 2. The van der Waals surface area contributed by atoms with Crippen LogP contribution in [0.5, 0.6) is 5.75 Å². The van der Waals surface area contributed by atoms with Crippen LogP contribution in [-0.2, 0) is 0 Å². The zero-order chi connectivity index (χ0) is 12.1. The number of benzene rings is 1. The Labute approximate surface area is 111 Å². The van der Waals surface area contributed by atoms with E-state index in [0.717, 1.165) is 0 Å². The molecule has 1 rings (SSSR count). The van der Waals surface area contributed by atoms with Gasteiger partial charge in [0.1, 0.15) is 5.75 Å². The predicted octanol–water partition coefficient (Wildman–Crippen LogP) is 2.95. The molecule has 0 bridgehead atoms. The fourth-order valence-electron chi connectivity index (χ4n) is 1.04. The lowest BCUT2D eigenvalue weighted by molar-refractivity contribution is 0.0696. The van der Waals surface area contributed by atoms with E-state index in [1.165, 1.54) is 0 Å². The second kappa shape index (κ2) is 6.45. The van der Waals surface area contributed by atoms with Crippen molar-refractivity contribution in [3.8, 4) is 5.75 Å². The van der Waals surface area contributed by atoms with Gasteiger partial charge in [0.15, 0.2) is 0 Å². The summed E-state index contributed by atoms with van der Waals surface area (Å²) in [4.78, 5) is 10.7. The van der Waals surface area contributed by atoms with Crippen molar-refractivity contribution in [1.82, 2.24) is 0 Å². The SMILES string of the molecule is CC(COc1cccc(C(=O)O)c1)B(P)I. The van der Waals surface area contributed by atoms with Crippen molar-refractivity contribution in [3.05, 3.63) is 29.8 Å². The predicted molar refractivity (Wildman–Crippen MR) is 77.8 cm³/mol. The summed E-state index contributed by atoms with van der Waals surface area (Å²) in [7, 11) is 2.72. The number of ether oxygens (including phenoxy) is 1. The molecule has 0 aliphatic rings. The smallest absolute Gasteiger partial charge is 0.335 e. The molecule has 0 saturated carbocycles. The molecule has 6 heteroatoms. The molecule has 1 N–H and O–H groups in total. The van der Waals surface area contributed by atoms with Gasteiger partial charge in [-0.15, -0.1) is 22.4 Å². The highest BCUT2D eigenvalue weighted by Crippen LogP contribution is 2.22. The third-order valence-corrected chi connectivity index (χ3v) is 4.02. The molecule has 0 spiro atoms. The Bertz CT molecular complexity index is 373. The number of hydrogen-bond donors (Lipinski definition) is 1. The fourth-order valence-corrected chi connectivity index (χ4v) is 1.36. The number of carboxylic acid groups (broad SMARTS) is 1. The van der Waals surface area contributed by atoms with Crippen LogP contribution in [0, 0.1) is 0 Å². The van der Waals surface area contributed by atoms with Crippen molar-refractivity contribution in [2.24, 2.45) is 0 Å². The molecular formula is C10H13BIO3P. The molecule has 1 aromatic carbocycles. The van der Waals surface area contributed by atoms with Gasteiger partial charge in [0.2, 0.25) is 4.29 Å². The summed E-state index contributed by atoms with van der Waals surface area (Å²) in [6.45, 7) is 2.67. The van der Waals surface area contributed by atoms with Crippen LogP contribution in [0.25, 0.3) is 0 Å². The molecule has 16 heavy (non-hydrogen) atoms. The molecule has 0 heterocycles. The Hall–Kier alpha value is -0.285. The molecule has 0 fully saturated rings. The van der Waals surface area contributed by atoms with Gasteiger partial charge in [0.05, 0.1) is 12.2 Å². The average molecular weight is 350 g/mol. The highest BCUT2D eigenvalue weighted by molar-refractivity contribution is 14.1. The van der Waals surface area contributed by atoms with Crippen LogP contribution in [0.1, 0.15) is 17.3 Å². The second-order valence-electron chi connectivity index (χ2n) is 3.57. The van der Waals surface area contributed by atoms with Gasteiger partial charge in [0, 0.05) is 0 Å². The van der Waals surface area contributed by atoms with Crippen molar-refractivity contribution < 1.29 is 14.6 Å². The van der Waals surface area contributed by atoms with Crippen LogP contribution in [0.2, 0.25) is 5.82 Å². The minimum Gasteiger partial charge on any atom is -0.494 e. The molecule has 0 radical (unpaired) electrons. The van der Waals surface area contributed by atoms with E-state index in [1.807, 2.05) is 0 Å². The van der Waals surface area contributed by atoms with Crippen molar-refractivity contribution >= 4 is 41.8 Å². The Morgan fingerprint density at radius 3 is 2.94 bits per heavy atom. The van der Waals surface area contributed by atoms with Gasteiger partial charge >= 0.3 is 5.97 Å². The quantitative estimate of drug-likeness (QED) is 0.505. The lowest BCUT2D eigenvalue weighted by Gasteiger charge is -2.13. The van der Waals surface area contributed by atoms with Gasteiger partial charge in [-0.1, -0.05) is 13.0 Å². The van der Waals surface area contributed by atoms with Crippen molar-refractivity contribution in [2.75, 3.05) is 6.61 Å². The normalized spacial score (nSPS) is 11.9. The van der Waals surface area contributed by atoms with Crippen LogP contribution in [0.15, 0.2) is 24.3 Å². The molecule has 2 atom stereocenters. The Morgan fingerprint density at radius 1 is 1.69 bits per heavy atom. The average Bonchev–Trinajstić information content (AvgIpc) is 2.26. The lowest BCUT2D eigenvalue weighted by Crippen LogP contribution is -2.12. The third kappa shape index (κ3) is 4.30. The van der Waals surface area contributed by atoms with Gasteiger partial charge in [-0.3, -0.25) is 0 Å². The maximum absolute atomic E-state index is 10.7. The number of halogens is 1. The first-order valence-electron chi connectivity index (χ1n) is 4.86. The number of rotatable bonds is 5. The monoisotopic (exact) mass is 350 g/mol. The van der Waals surface area contributed by atoms with Crippen molar-refractivity contribution in [1.29, 1.82) is 0 Å². The van der Waals surface area contributed by atoms with Crippen molar-refractivity contribution in [3.63, 3.8) is 0 Å². The zero-order valence-corrected chi connectivity index (χ0v) is 12.2. The molecule has 0 amide bonds. The Morgan fingerprint density at radius 2 is 2.38 bits per heavy atom. The number of carbonyl (C=O) groups is 1. The van der Waals surface area contributed by atoms with Crippen LogP contribution < -0.4 is 4.74 Å². The first kappa shape index (κ1) is 13.8. The van der Waals surface area contributed by atoms with E-state index in [9.17, 15) is 4.79 Å². The number of aromatic carboxylic acids is 1. The lowest BCUT2D eigenvalue weighted by atomic mass is 9.88. The molecule has 86 valence electrons. The van der Waals surface area contributed by atoms with E-state index >= 15 is 0 Å². The molecule has 0 saturated heterocycles. The van der Waals surface area contributed by atoms with E-state index in [4.69, 9.17) is 9.84 Å². The maximum Gasteiger partial charge on any atom is 0.335 e. The molecule has 2 unspecified atom stereocenters. The third-order valence-electron chi connectivity index (χ3n) is 2.14. The van der Waals surface area contributed by atoms with E-state index in [1.54, 1.807) is 24.3 Å². The minimum absolute atomic E-state index is 0.252. The summed E-state index contributed by atoms with van der Waals surface area (Å²) in [5, 5.41) is 8.81. The summed E-state index contributed by atoms with van der Waals surface area (Å²) in [5.41, 5.74) is 0.252. The highest BCUT2D eigenvalue weighted by atomic mass is 127. The first-order valence-corrected chi connectivity index (χ1v) is 6.77. The maximum atomic E-state index is 10.7. The molecule has 0 aliphatic carbocycles.